The van der Waals surface area contributed by atoms with Crippen LogP contribution in [0, 0.1) is 6.92 Å². The smallest absolute Gasteiger partial charge is 0.0300 e. The fourth-order valence-corrected chi connectivity index (χ4v) is 2.90. The van der Waals surface area contributed by atoms with Gasteiger partial charge < -0.3 is 5.32 Å². The van der Waals surface area contributed by atoms with Crippen molar-refractivity contribution in [2.45, 2.75) is 52.6 Å². The van der Waals surface area contributed by atoms with Crippen molar-refractivity contribution in [2.75, 3.05) is 0 Å². The van der Waals surface area contributed by atoms with E-state index >= 15 is 0 Å². The van der Waals surface area contributed by atoms with E-state index in [-0.39, 0.29) is 0 Å². The Labute approximate surface area is 129 Å². The first-order valence-electron chi connectivity index (χ1n) is 8.02. The van der Waals surface area contributed by atoms with Gasteiger partial charge in [-0.15, -0.1) is 0 Å². The van der Waals surface area contributed by atoms with Crippen LogP contribution in [-0.4, -0.2) is 0 Å². The van der Waals surface area contributed by atoms with Crippen LogP contribution in [0.4, 0.5) is 0 Å². The zero-order chi connectivity index (χ0) is 15.2. The molecule has 2 rings (SSSR count). The van der Waals surface area contributed by atoms with Crippen LogP contribution in [-0.2, 0) is 6.42 Å². The quantitative estimate of drug-likeness (QED) is 0.751. The van der Waals surface area contributed by atoms with E-state index in [1.807, 2.05) is 0 Å². The van der Waals surface area contributed by atoms with Crippen molar-refractivity contribution in [2.24, 2.45) is 0 Å². The van der Waals surface area contributed by atoms with Crippen LogP contribution in [0.25, 0.3) is 0 Å². The minimum absolute atomic E-state index is 0.357. The van der Waals surface area contributed by atoms with Gasteiger partial charge in [0.1, 0.15) is 0 Å². The molecule has 0 fully saturated rings. The van der Waals surface area contributed by atoms with Gasteiger partial charge >= 0.3 is 0 Å². The summed E-state index contributed by atoms with van der Waals surface area (Å²) in [6, 6.07) is 18.4. The average molecular weight is 281 g/mol. The van der Waals surface area contributed by atoms with Crippen molar-refractivity contribution in [1.82, 2.24) is 5.32 Å². The van der Waals surface area contributed by atoms with E-state index in [9.17, 15) is 0 Å². The van der Waals surface area contributed by atoms with Crippen LogP contribution in [0.3, 0.4) is 0 Å². The highest BCUT2D eigenvalue weighted by Gasteiger charge is 2.12. The molecule has 0 bridgehead atoms. The van der Waals surface area contributed by atoms with E-state index in [4.69, 9.17) is 0 Å². The normalized spacial score (nSPS) is 13.9. The molecule has 1 nitrogen and oxygen atoms in total. The Morgan fingerprint density at radius 2 is 1.57 bits per heavy atom. The molecule has 1 N–H and O–H groups in total. The van der Waals surface area contributed by atoms with Gasteiger partial charge in [-0.25, -0.2) is 0 Å². The van der Waals surface area contributed by atoms with E-state index in [1.54, 1.807) is 0 Å². The number of hydrogen-bond donors (Lipinski definition) is 1. The third-order valence-electron chi connectivity index (χ3n) is 4.17. The summed E-state index contributed by atoms with van der Waals surface area (Å²) in [6.45, 7) is 8.88. The molecule has 0 aliphatic rings. The predicted octanol–water partition coefficient (Wildman–Crippen LogP) is 5.36. The molecule has 21 heavy (non-hydrogen) atoms. The van der Waals surface area contributed by atoms with Crippen molar-refractivity contribution in [1.29, 1.82) is 0 Å². The fraction of sp³-hybridized carbons (Fsp3) is 0.400. The van der Waals surface area contributed by atoms with Crippen LogP contribution in [0.5, 0.6) is 0 Å². The van der Waals surface area contributed by atoms with E-state index in [0.29, 0.717) is 12.1 Å². The van der Waals surface area contributed by atoms with Gasteiger partial charge in [-0.05, 0) is 49.4 Å². The Morgan fingerprint density at radius 3 is 2.19 bits per heavy atom. The first kappa shape index (κ1) is 15.8. The van der Waals surface area contributed by atoms with Crippen LogP contribution in [0.2, 0.25) is 0 Å². The molecule has 0 aromatic heterocycles. The highest BCUT2D eigenvalue weighted by atomic mass is 14.9. The lowest BCUT2D eigenvalue weighted by Gasteiger charge is -2.22. The molecule has 2 atom stereocenters. The van der Waals surface area contributed by atoms with Crippen LogP contribution in [0.15, 0.2) is 48.5 Å². The zero-order valence-electron chi connectivity index (χ0n) is 13.7. The number of aryl methyl sites for hydroxylation is 2. The third kappa shape index (κ3) is 4.18. The largest absolute Gasteiger partial charge is 0.304 e. The Kier molecular flexibility index (Phi) is 5.58. The molecule has 2 aromatic rings. The molecule has 1 heteroatoms. The summed E-state index contributed by atoms with van der Waals surface area (Å²) in [5.41, 5.74) is 5.52. The van der Waals surface area contributed by atoms with E-state index in [1.165, 1.54) is 35.1 Å². The topological polar surface area (TPSA) is 12.0 Å². The van der Waals surface area contributed by atoms with E-state index in [0.717, 1.165) is 0 Å². The van der Waals surface area contributed by atoms with Gasteiger partial charge in [0, 0.05) is 12.1 Å². The first-order chi connectivity index (χ1) is 10.1. The number of rotatable bonds is 6. The summed E-state index contributed by atoms with van der Waals surface area (Å²) in [4.78, 5) is 0. The molecule has 1 unspecified atom stereocenters. The second-order valence-corrected chi connectivity index (χ2v) is 5.96. The van der Waals surface area contributed by atoms with Crippen molar-refractivity contribution in [3.63, 3.8) is 0 Å². The highest BCUT2D eigenvalue weighted by Crippen LogP contribution is 2.22. The number of nitrogens with one attached hydrogen (secondary N) is 1. The maximum Gasteiger partial charge on any atom is 0.0300 e. The maximum atomic E-state index is 3.70. The Hall–Kier alpha value is -1.60. The van der Waals surface area contributed by atoms with Gasteiger partial charge in [0.25, 0.3) is 0 Å². The molecule has 0 spiro atoms. The SMILES string of the molecule is CCCc1ccc(C(C)N[C@H](C)c2ccccc2C)cc1. The summed E-state index contributed by atoms with van der Waals surface area (Å²) >= 11 is 0. The molecule has 112 valence electrons. The molecular weight excluding hydrogens is 254 g/mol. The molecule has 0 heterocycles. The minimum Gasteiger partial charge on any atom is -0.304 e. The number of hydrogen-bond acceptors (Lipinski definition) is 1. The molecular formula is C20H27N. The molecule has 0 saturated carbocycles. The summed E-state index contributed by atoms with van der Waals surface area (Å²) in [5.74, 6) is 0. The molecule has 0 aliphatic carbocycles. The van der Waals surface area contributed by atoms with Gasteiger partial charge in [-0.1, -0.05) is 61.9 Å². The molecule has 0 saturated heterocycles. The van der Waals surface area contributed by atoms with Gasteiger partial charge in [-0.3, -0.25) is 0 Å². The van der Waals surface area contributed by atoms with Crippen molar-refractivity contribution < 1.29 is 0 Å². The number of benzene rings is 2. The Balaban J connectivity index is 2.03. The summed E-state index contributed by atoms with van der Waals surface area (Å²) < 4.78 is 0. The maximum absolute atomic E-state index is 3.70. The van der Waals surface area contributed by atoms with Crippen molar-refractivity contribution >= 4 is 0 Å². The van der Waals surface area contributed by atoms with Gasteiger partial charge in [-0.2, -0.15) is 0 Å². The van der Waals surface area contributed by atoms with E-state index in [2.05, 4.69) is 81.5 Å². The monoisotopic (exact) mass is 281 g/mol. The predicted molar refractivity (Wildman–Crippen MR) is 91.6 cm³/mol. The molecule has 0 aliphatic heterocycles. The zero-order valence-corrected chi connectivity index (χ0v) is 13.7. The first-order valence-corrected chi connectivity index (χ1v) is 8.02. The van der Waals surface area contributed by atoms with Crippen LogP contribution in [0.1, 0.15) is 61.5 Å². The molecule has 0 amide bonds. The second-order valence-electron chi connectivity index (χ2n) is 5.96. The molecule has 2 aromatic carbocycles. The lowest BCUT2D eigenvalue weighted by atomic mass is 9.99. The fourth-order valence-electron chi connectivity index (χ4n) is 2.90. The lowest BCUT2D eigenvalue weighted by molar-refractivity contribution is 0.493. The second kappa shape index (κ2) is 7.42. The Morgan fingerprint density at radius 1 is 0.905 bits per heavy atom. The molecule has 0 radical (unpaired) electrons. The summed E-state index contributed by atoms with van der Waals surface area (Å²) in [6.07, 6.45) is 2.37. The third-order valence-corrected chi connectivity index (χ3v) is 4.17. The Bertz CT molecular complexity index is 556. The van der Waals surface area contributed by atoms with Gasteiger partial charge in [0.2, 0.25) is 0 Å². The standard InChI is InChI=1S/C20H27N/c1-5-8-18-11-13-19(14-12-18)16(3)21-17(4)20-10-7-6-9-15(20)2/h6-7,9-14,16-17,21H,5,8H2,1-4H3/t16?,17-/m1/s1. The highest BCUT2D eigenvalue weighted by molar-refractivity contribution is 5.29. The van der Waals surface area contributed by atoms with Crippen molar-refractivity contribution in [3.05, 3.63) is 70.8 Å². The van der Waals surface area contributed by atoms with Gasteiger partial charge in [0.05, 0.1) is 0 Å². The van der Waals surface area contributed by atoms with Crippen LogP contribution >= 0.6 is 0 Å². The van der Waals surface area contributed by atoms with Gasteiger partial charge in [0.15, 0.2) is 0 Å². The van der Waals surface area contributed by atoms with Crippen molar-refractivity contribution in [3.8, 4) is 0 Å². The minimum atomic E-state index is 0.357. The summed E-state index contributed by atoms with van der Waals surface area (Å²) in [7, 11) is 0. The summed E-state index contributed by atoms with van der Waals surface area (Å²) in [5, 5.41) is 3.70. The van der Waals surface area contributed by atoms with E-state index < -0.39 is 0 Å². The average Bonchev–Trinajstić information content (AvgIpc) is 2.48. The van der Waals surface area contributed by atoms with Crippen LogP contribution < -0.4 is 5.32 Å². The lowest BCUT2D eigenvalue weighted by Crippen LogP contribution is -2.23.